The number of hydrogen-bond acceptors (Lipinski definition) is 6. The van der Waals surface area contributed by atoms with Gasteiger partial charge in [0, 0.05) is 29.6 Å². The lowest BCUT2D eigenvalue weighted by Crippen LogP contribution is -2.40. The normalized spacial score (nSPS) is 12.0. The van der Waals surface area contributed by atoms with E-state index in [9.17, 15) is 27.5 Å². The number of rotatable bonds is 11. The number of aliphatic hydroxyl groups excluding tert-OH is 1. The molecule has 0 aliphatic rings. The van der Waals surface area contributed by atoms with Crippen LogP contribution < -0.4 is 11.1 Å². The number of nitrogens with two attached hydrogens (primary N) is 1. The van der Waals surface area contributed by atoms with Crippen LogP contribution in [0.4, 0.5) is 4.39 Å². The smallest absolute Gasteiger partial charge is 0.253 e. The van der Waals surface area contributed by atoms with Crippen LogP contribution in [0, 0.1) is 5.82 Å². The first-order valence-electron chi connectivity index (χ1n) is 14.5. The number of hydrogen-bond donors (Lipinski definition) is 3. The molecule has 0 atom stereocenters. The van der Waals surface area contributed by atoms with Gasteiger partial charge in [-0.05, 0) is 84.6 Å². The first kappa shape index (κ1) is 32.6. The van der Waals surface area contributed by atoms with Gasteiger partial charge < -0.3 is 20.6 Å². The van der Waals surface area contributed by atoms with Crippen LogP contribution in [0.2, 0.25) is 0 Å². The number of furan rings is 1. The summed E-state index contributed by atoms with van der Waals surface area (Å²) in [5, 5.41) is 13.0. The maximum Gasteiger partial charge on any atom is 0.253 e. The number of nitrogens with one attached hydrogen (secondary N) is 1. The van der Waals surface area contributed by atoms with Crippen molar-refractivity contribution in [2.75, 3.05) is 19.4 Å². The number of amides is 2. The zero-order chi connectivity index (χ0) is 33.2. The zero-order valence-electron chi connectivity index (χ0n) is 25.6. The first-order chi connectivity index (χ1) is 21.8. The Labute approximate surface area is 266 Å². The largest absolute Gasteiger partial charge is 0.455 e. The number of halogens is 1. The van der Waals surface area contributed by atoms with E-state index >= 15 is 0 Å². The third-order valence-electron chi connectivity index (χ3n) is 7.79. The van der Waals surface area contributed by atoms with E-state index in [-0.39, 0.29) is 35.9 Å². The van der Waals surface area contributed by atoms with Gasteiger partial charge in [-0.3, -0.25) is 9.59 Å². The van der Waals surface area contributed by atoms with Gasteiger partial charge in [0.25, 0.3) is 11.8 Å². The number of carbonyl (C=O) groups excluding carboxylic acids is 2. The second-order valence-corrected chi connectivity index (χ2v) is 13.5. The molecule has 0 fully saturated rings. The van der Waals surface area contributed by atoms with Crippen LogP contribution in [0.1, 0.15) is 45.7 Å². The fraction of sp³-hybridized carbons (Fsp3) is 0.200. The second kappa shape index (κ2) is 12.9. The van der Waals surface area contributed by atoms with Crippen molar-refractivity contribution in [2.24, 2.45) is 5.73 Å². The summed E-state index contributed by atoms with van der Waals surface area (Å²) in [5.74, 6) is -1.43. The summed E-state index contributed by atoms with van der Waals surface area (Å²) in [6.07, 6.45) is 1.05. The minimum Gasteiger partial charge on any atom is -0.455 e. The van der Waals surface area contributed by atoms with E-state index in [2.05, 4.69) is 5.32 Å². The summed E-state index contributed by atoms with van der Waals surface area (Å²) in [5.41, 5.74) is 8.76. The molecule has 5 rings (SSSR count). The van der Waals surface area contributed by atoms with Gasteiger partial charge in [-0.25, -0.2) is 12.8 Å². The van der Waals surface area contributed by atoms with Crippen molar-refractivity contribution >= 4 is 32.8 Å². The number of carbonyl (C=O) groups is 2. The van der Waals surface area contributed by atoms with E-state index in [1.165, 1.54) is 24.3 Å². The molecule has 1 heterocycles. The monoisotopic (exact) mass is 643 g/mol. The Bertz CT molecular complexity index is 2020. The number of benzene rings is 4. The lowest BCUT2D eigenvalue weighted by atomic mass is 9.93. The SMILES string of the molecule is CC(C)(NC(=O)c1cccc(-c2cc3c(C(N)=O)c(-c4ccc(F)cc4)oc3cc2CN(CCO)S(C)(=O)=O)c1)c1ccccc1. The topological polar surface area (TPSA) is 143 Å². The molecule has 0 radical (unpaired) electrons. The highest BCUT2D eigenvalue weighted by atomic mass is 32.2. The molecule has 0 saturated heterocycles. The fourth-order valence-corrected chi connectivity index (χ4v) is 6.20. The summed E-state index contributed by atoms with van der Waals surface area (Å²) in [4.78, 5) is 26.3. The van der Waals surface area contributed by atoms with Crippen LogP contribution in [0.3, 0.4) is 0 Å². The highest BCUT2D eigenvalue weighted by molar-refractivity contribution is 7.88. The van der Waals surface area contributed by atoms with Crippen LogP contribution in [0.15, 0.2) is 95.4 Å². The summed E-state index contributed by atoms with van der Waals surface area (Å²) in [6, 6.07) is 25.1. The summed E-state index contributed by atoms with van der Waals surface area (Å²) < 4.78 is 46.2. The molecule has 46 heavy (non-hydrogen) atoms. The Morgan fingerprint density at radius 1 is 0.957 bits per heavy atom. The maximum absolute atomic E-state index is 13.7. The molecule has 4 N–H and O–H groups in total. The lowest BCUT2D eigenvalue weighted by Gasteiger charge is -2.27. The minimum atomic E-state index is -3.74. The van der Waals surface area contributed by atoms with Crippen molar-refractivity contribution in [1.82, 2.24) is 9.62 Å². The minimum absolute atomic E-state index is 0.0724. The summed E-state index contributed by atoms with van der Waals surface area (Å²) >= 11 is 0. The van der Waals surface area contributed by atoms with Crippen LogP contribution in [0.5, 0.6) is 0 Å². The molecular formula is C35H34FN3O6S. The molecule has 4 aromatic carbocycles. The van der Waals surface area contributed by atoms with Gasteiger partial charge in [0.2, 0.25) is 10.0 Å². The van der Waals surface area contributed by atoms with Crippen LogP contribution >= 0.6 is 0 Å². The van der Waals surface area contributed by atoms with Gasteiger partial charge in [-0.1, -0.05) is 42.5 Å². The van der Waals surface area contributed by atoms with Crippen molar-refractivity contribution in [2.45, 2.75) is 25.9 Å². The van der Waals surface area contributed by atoms with Gasteiger partial charge in [0.05, 0.1) is 24.0 Å². The van der Waals surface area contributed by atoms with Gasteiger partial charge >= 0.3 is 0 Å². The average molecular weight is 644 g/mol. The Balaban J connectivity index is 1.66. The Morgan fingerprint density at radius 2 is 1.65 bits per heavy atom. The van der Waals surface area contributed by atoms with E-state index < -0.39 is 33.9 Å². The van der Waals surface area contributed by atoms with Gasteiger partial charge in [0.15, 0.2) is 0 Å². The zero-order valence-corrected chi connectivity index (χ0v) is 26.4. The number of aliphatic hydroxyl groups is 1. The molecule has 238 valence electrons. The highest BCUT2D eigenvalue weighted by Crippen LogP contribution is 2.38. The Morgan fingerprint density at radius 3 is 2.28 bits per heavy atom. The van der Waals surface area contributed by atoms with Crippen LogP contribution in [-0.2, 0) is 22.1 Å². The fourth-order valence-electron chi connectivity index (χ4n) is 5.41. The van der Waals surface area contributed by atoms with Crippen molar-refractivity contribution < 1.29 is 31.9 Å². The van der Waals surface area contributed by atoms with E-state index in [4.69, 9.17) is 10.2 Å². The third-order valence-corrected chi connectivity index (χ3v) is 9.04. The highest BCUT2D eigenvalue weighted by Gasteiger charge is 2.26. The molecular weight excluding hydrogens is 609 g/mol. The summed E-state index contributed by atoms with van der Waals surface area (Å²) in [6.45, 7) is 3.11. The molecule has 5 aromatic rings. The molecule has 0 aliphatic heterocycles. The van der Waals surface area contributed by atoms with Gasteiger partial charge in [-0.2, -0.15) is 4.31 Å². The molecule has 0 spiro atoms. The van der Waals surface area contributed by atoms with E-state index in [1.54, 1.807) is 36.4 Å². The molecule has 11 heteroatoms. The second-order valence-electron chi connectivity index (χ2n) is 11.5. The number of sulfonamides is 1. The van der Waals surface area contributed by atoms with Crippen molar-refractivity contribution in [1.29, 1.82) is 0 Å². The van der Waals surface area contributed by atoms with Crippen molar-refractivity contribution in [3.05, 3.63) is 119 Å². The van der Waals surface area contributed by atoms with Gasteiger partial charge in [-0.15, -0.1) is 0 Å². The molecule has 0 unspecified atom stereocenters. The summed E-state index contributed by atoms with van der Waals surface area (Å²) in [7, 11) is -3.74. The number of nitrogens with zero attached hydrogens (tertiary/aromatic N) is 1. The number of fused-ring (bicyclic) bond motifs is 1. The Kier molecular flexibility index (Phi) is 9.11. The predicted octanol–water partition coefficient (Wildman–Crippen LogP) is 5.42. The number of primary amides is 1. The molecule has 0 bridgehead atoms. The quantitative estimate of drug-likeness (QED) is 0.175. The standard InChI is InChI=1S/C35H34FN3O6S/c1-35(2,26-10-5-4-6-11-26)38-34(42)24-9-7-8-23(18-24)28-20-29-30(19-25(28)21-39(16-17-40)46(3,43)44)45-32(31(29)33(37)41)22-12-14-27(36)15-13-22/h4-15,18-20,40H,16-17,21H2,1-3H3,(H2,37,41)(H,38,42). The van der Waals surface area contributed by atoms with Crippen LogP contribution in [-0.4, -0.2) is 49.1 Å². The molecule has 9 nitrogen and oxygen atoms in total. The molecule has 2 amide bonds. The molecule has 0 saturated carbocycles. The molecule has 0 aliphatic carbocycles. The van der Waals surface area contributed by atoms with E-state index in [0.717, 1.165) is 16.1 Å². The van der Waals surface area contributed by atoms with E-state index in [1.807, 2.05) is 44.2 Å². The molecule has 1 aromatic heterocycles. The van der Waals surface area contributed by atoms with Gasteiger partial charge in [0.1, 0.15) is 17.2 Å². The lowest BCUT2D eigenvalue weighted by molar-refractivity contribution is 0.0911. The third kappa shape index (κ3) is 6.86. The van der Waals surface area contributed by atoms with Crippen molar-refractivity contribution in [3.63, 3.8) is 0 Å². The van der Waals surface area contributed by atoms with Crippen LogP contribution in [0.25, 0.3) is 33.4 Å². The average Bonchev–Trinajstić information content (AvgIpc) is 3.39. The maximum atomic E-state index is 13.7. The first-order valence-corrected chi connectivity index (χ1v) is 16.3. The van der Waals surface area contributed by atoms with Crippen molar-refractivity contribution in [3.8, 4) is 22.5 Å². The predicted molar refractivity (Wildman–Crippen MR) is 175 cm³/mol. The van der Waals surface area contributed by atoms with E-state index in [0.29, 0.717) is 33.2 Å². The Hall–Kier alpha value is -4.84.